The lowest BCUT2D eigenvalue weighted by atomic mass is 10.00. The van der Waals surface area contributed by atoms with Crippen molar-refractivity contribution in [2.24, 2.45) is 0 Å². The van der Waals surface area contributed by atoms with Crippen molar-refractivity contribution in [3.05, 3.63) is 141 Å². The molecule has 0 aliphatic heterocycles. The molecule has 0 aliphatic carbocycles. The Balaban J connectivity index is 0.000000296. The standard InChI is InChI=1S/C23H26O5.C20H22N2O5/c1-13-7-15(3)20(16(4)8-13)22(25)27-11-19(24)12-28-23(26)21-17(5)9-14(2)10-18(21)6;1-14(19(24)25)21-18(23)17(12-15-8-4-2-5-9-15)22-20(26)27-13-16-10-6-3-7-11-16/h7-10H,11-12H2,1-6H3;2-11,14,17H,12-13H2,1H3,(H,21,23)(H,22,26)(H,24,25)/t;14-,17-/m.0/s1. The molecule has 0 saturated heterocycles. The van der Waals surface area contributed by atoms with Crippen LogP contribution in [0.25, 0.3) is 0 Å². The van der Waals surface area contributed by atoms with E-state index in [1.54, 1.807) is 0 Å². The van der Waals surface area contributed by atoms with Crippen molar-refractivity contribution in [3.63, 3.8) is 0 Å². The van der Waals surface area contributed by atoms with E-state index in [4.69, 9.17) is 19.3 Å². The molecule has 0 saturated carbocycles. The molecule has 12 nitrogen and oxygen atoms in total. The number of alkyl carbamates (subject to hydrolysis) is 1. The zero-order valence-electron chi connectivity index (χ0n) is 32.2. The summed E-state index contributed by atoms with van der Waals surface area (Å²) in [4.78, 5) is 72.1. The molecule has 0 aliphatic rings. The molecular formula is C43H48N2O10. The van der Waals surface area contributed by atoms with Crippen LogP contribution in [0.5, 0.6) is 0 Å². The maximum atomic E-state index is 12.4. The minimum absolute atomic E-state index is 0.0673. The van der Waals surface area contributed by atoms with Crippen LogP contribution in [0, 0.1) is 41.5 Å². The molecule has 2 amide bonds. The van der Waals surface area contributed by atoms with Gasteiger partial charge in [0.25, 0.3) is 0 Å². The fourth-order valence-corrected chi connectivity index (χ4v) is 5.82. The van der Waals surface area contributed by atoms with Gasteiger partial charge in [-0.25, -0.2) is 14.4 Å². The number of carboxylic acids is 1. The van der Waals surface area contributed by atoms with Gasteiger partial charge >= 0.3 is 24.0 Å². The van der Waals surface area contributed by atoms with Crippen molar-refractivity contribution < 1.29 is 48.1 Å². The fourth-order valence-electron chi connectivity index (χ4n) is 5.82. The van der Waals surface area contributed by atoms with Crippen LogP contribution in [0.3, 0.4) is 0 Å². The predicted octanol–water partition coefficient (Wildman–Crippen LogP) is 6.23. The molecule has 4 aromatic rings. The average molecular weight is 753 g/mol. The van der Waals surface area contributed by atoms with Crippen LogP contribution in [0.2, 0.25) is 0 Å². The Hall–Kier alpha value is -6.30. The molecule has 4 aromatic carbocycles. The molecule has 3 N–H and O–H groups in total. The van der Waals surface area contributed by atoms with E-state index in [1.807, 2.05) is 126 Å². The minimum Gasteiger partial charge on any atom is -0.480 e. The Morgan fingerprint density at radius 3 is 1.44 bits per heavy atom. The van der Waals surface area contributed by atoms with Gasteiger partial charge in [-0.05, 0) is 81.8 Å². The third kappa shape index (κ3) is 13.9. The van der Waals surface area contributed by atoms with Crippen LogP contribution in [0.4, 0.5) is 4.79 Å². The zero-order valence-corrected chi connectivity index (χ0v) is 32.2. The van der Waals surface area contributed by atoms with Crippen LogP contribution in [-0.2, 0) is 41.6 Å². The summed E-state index contributed by atoms with van der Waals surface area (Å²) < 4.78 is 15.4. The normalized spacial score (nSPS) is 11.5. The number of hydrogen-bond acceptors (Lipinski definition) is 9. The summed E-state index contributed by atoms with van der Waals surface area (Å²) in [7, 11) is 0. The number of carbonyl (C=O) groups excluding carboxylic acids is 5. The summed E-state index contributed by atoms with van der Waals surface area (Å²) in [5.41, 5.74) is 7.85. The first kappa shape index (κ1) is 43.1. The van der Waals surface area contributed by atoms with Gasteiger partial charge in [0, 0.05) is 6.42 Å². The second-order valence-electron chi connectivity index (χ2n) is 13.3. The summed E-state index contributed by atoms with van der Waals surface area (Å²) in [5, 5.41) is 13.9. The van der Waals surface area contributed by atoms with Gasteiger partial charge < -0.3 is 30.0 Å². The van der Waals surface area contributed by atoms with E-state index in [0.29, 0.717) is 11.1 Å². The first-order chi connectivity index (χ1) is 26.0. The van der Waals surface area contributed by atoms with E-state index in [-0.39, 0.29) is 13.0 Å². The van der Waals surface area contributed by atoms with Gasteiger partial charge in [-0.2, -0.15) is 0 Å². The highest BCUT2D eigenvalue weighted by Gasteiger charge is 2.25. The summed E-state index contributed by atoms with van der Waals surface area (Å²) >= 11 is 0. The molecule has 0 radical (unpaired) electrons. The van der Waals surface area contributed by atoms with E-state index in [2.05, 4.69) is 10.6 Å². The van der Waals surface area contributed by atoms with E-state index < -0.39 is 61.0 Å². The first-order valence-electron chi connectivity index (χ1n) is 17.6. The number of aryl methyl sites for hydroxylation is 6. The van der Waals surface area contributed by atoms with Gasteiger partial charge in [0.1, 0.15) is 18.7 Å². The van der Waals surface area contributed by atoms with Crippen molar-refractivity contribution in [1.82, 2.24) is 10.6 Å². The first-order valence-corrected chi connectivity index (χ1v) is 17.6. The SMILES string of the molecule is C[C@H](NC(=O)[C@H](Cc1ccccc1)NC(=O)OCc1ccccc1)C(=O)O.Cc1cc(C)c(C(=O)OCC(=O)COC(=O)c2c(C)cc(C)cc2C)c(C)c1. The monoisotopic (exact) mass is 752 g/mol. The second kappa shape index (κ2) is 20.8. The average Bonchev–Trinajstić information content (AvgIpc) is 3.12. The molecule has 0 bridgehead atoms. The number of benzene rings is 4. The number of esters is 2. The number of carbonyl (C=O) groups is 6. The van der Waals surface area contributed by atoms with Crippen molar-refractivity contribution in [3.8, 4) is 0 Å². The number of rotatable bonds is 14. The number of aliphatic carboxylic acids is 1. The molecule has 0 spiro atoms. The Morgan fingerprint density at radius 1 is 0.600 bits per heavy atom. The van der Waals surface area contributed by atoms with Crippen LogP contribution < -0.4 is 10.6 Å². The van der Waals surface area contributed by atoms with Crippen molar-refractivity contribution >= 4 is 35.7 Å². The fraction of sp³-hybridized carbons (Fsp3) is 0.302. The minimum atomic E-state index is -1.16. The number of ether oxygens (including phenoxy) is 3. The Kier molecular flexibility index (Phi) is 16.3. The molecular weight excluding hydrogens is 704 g/mol. The predicted molar refractivity (Wildman–Crippen MR) is 206 cm³/mol. The van der Waals surface area contributed by atoms with Crippen molar-refractivity contribution in [2.45, 2.75) is 73.6 Å². The molecule has 2 atom stereocenters. The number of ketones is 1. The maximum Gasteiger partial charge on any atom is 0.408 e. The summed E-state index contributed by atoms with van der Waals surface area (Å²) in [6.45, 7) is 11.7. The molecule has 4 rings (SSSR count). The molecule has 0 heterocycles. The van der Waals surface area contributed by atoms with E-state index in [9.17, 15) is 28.8 Å². The highest BCUT2D eigenvalue weighted by atomic mass is 16.6. The van der Waals surface area contributed by atoms with Gasteiger partial charge in [0.15, 0.2) is 13.2 Å². The summed E-state index contributed by atoms with van der Waals surface area (Å²) in [6.07, 6.45) is -0.544. The number of Topliss-reactive ketones (excluding diaryl/α,β-unsaturated/α-hetero) is 1. The van der Waals surface area contributed by atoms with Crippen LogP contribution >= 0.6 is 0 Å². The lowest BCUT2D eigenvalue weighted by Crippen LogP contribution is -2.51. The van der Waals surface area contributed by atoms with Crippen molar-refractivity contribution in [1.29, 1.82) is 0 Å². The highest BCUT2D eigenvalue weighted by molar-refractivity contribution is 5.96. The Bertz CT molecular complexity index is 1870. The third-order valence-electron chi connectivity index (χ3n) is 8.32. The topological polar surface area (TPSA) is 174 Å². The lowest BCUT2D eigenvalue weighted by molar-refractivity contribution is -0.141. The molecule has 0 fully saturated rings. The second-order valence-corrected chi connectivity index (χ2v) is 13.3. The molecule has 290 valence electrons. The van der Waals surface area contributed by atoms with E-state index in [0.717, 1.165) is 44.5 Å². The third-order valence-corrected chi connectivity index (χ3v) is 8.32. The quantitative estimate of drug-likeness (QED) is 0.0989. The number of carboxylic acid groups (broad SMARTS) is 1. The number of hydrogen-bond donors (Lipinski definition) is 3. The highest BCUT2D eigenvalue weighted by Crippen LogP contribution is 2.19. The van der Waals surface area contributed by atoms with Gasteiger partial charge in [-0.1, -0.05) is 96.1 Å². The van der Waals surface area contributed by atoms with E-state index in [1.165, 1.54) is 6.92 Å². The Morgan fingerprint density at radius 2 is 1.02 bits per heavy atom. The molecule has 0 unspecified atom stereocenters. The maximum absolute atomic E-state index is 12.4. The van der Waals surface area contributed by atoms with Gasteiger partial charge in [-0.15, -0.1) is 0 Å². The Labute approximate surface area is 321 Å². The largest absolute Gasteiger partial charge is 0.480 e. The zero-order chi connectivity index (χ0) is 40.7. The van der Waals surface area contributed by atoms with E-state index >= 15 is 0 Å². The molecule has 12 heteroatoms. The van der Waals surface area contributed by atoms with Crippen LogP contribution in [0.15, 0.2) is 84.9 Å². The number of amides is 2. The van der Waals surface area contributed by atoms with Crippen LogP contribution in [-0.4, -0.2) is 66.1 Å². The summed E-state index contributed by atoms with van der Waals surface area (Å²) in [5.74, 6) is -3.34. The van der Waals surface area contributed by atoms with Gasteiger partial charge in [-0.3, -0.25) is 14.4 Å². The number of nitrogens with one attached hydrogen (secondary N) is 2. The molecule has 55 heavy (non-hydrogen) atoms. The van der Waals surface area contributed by atoms with Crippen molar-refractivity contribution in [2.75, 3.05) is 13.2 Å². The molecule has 0 aromatic heterocycles. The van der Waals surface area contributed by atoms with Crippen LogP contribution in [0.1, 0.15) is 72.1 Å². The summed E-state index contributed by atoms with van der Waals surface area (Å²) in [6, 6.07) is 23.8. The smallest absolute Gasteiger partial charge is 0.408 e. The lowest BCUT2D eigenvalue weighted by Gasteiger charge is -2.20. The van der Waals surface area contributed by atoms with Gasteiger partial charge in [0.05, 0.1) is 11.1 Å². The van der Waals surface area contributed by atoms with Gasteiger partial charge in [0.2, 0.25) is 11.7 Å².